The molecule has 1 saturated heterocycles. The van der Waals surface area contributed by atoms with Crippen molar-refractivity contribution in [1.82, 2.24) is 14.5 Å². The summed E-state index contributed by atoms with van der Waals surface area (Å²) in [5.41, 5.74) is 2.15. The van der Waals surface area contributed by atoms with Crippen LogP contribution in [-0.2, 0) is 22.6 Å². The van der Waals surface area contributed by atoms with E-state index >= 15 is 0 Å². The molecule has 0 aliphatic carbocycles. The van der Waals surface area contributed by atoms with Crippen LogP contribution in [0.3, 0.4) is 0 Å². The third-order valence-electron chi connectivity index (χ3n) is 7.59. The highest BCUT2D eigenvalue weighted by atomic mass is 16.5. The normalized spacial score (nSPS) is 19.3. The summed E-state index contributed by atoms with van der Waals surface area (Å²) in [6, 6.07) is 10.0. The van der Waals surface area contributed by atoms with Gasteiger partial charge in [0.05, 0.1) is 31.7 Å². The minimum Gasteiger partial charge on any atom is -0.507 e. The summed E-state index contributed by atoms with van der Waals surface area (Å²) in [6.07, 6.45) is 9.72. The van der Waals surface area contributed by atoms with Crippen molar-refractivity contribution in [2.24, 2.45) is 0 Å². The van der Waals surface area contributed by atoms with Gasteiger partial charge >= 0.3 is 0 Å². The van der Waals surface area contributed by atoms with E-state index in [0.717, 1.165) is 30.6 Å². The Morgan fingerprint density at radius 3 is 2.71 bits per heavy atom. The lowest BCUT2D eigenvalue weighted by Crippen LogP contribution is -2.31. The number of amides is 1. The van der Waals surface area contributed by atoms with Crippen LogP contribution in [0.5, 0.6) is 17.2 Å². The third kappa shape index (κ3) is 5.94. The van der Waals surface area contributed by atoms with E-state index in [1.807, 2.05) is 29.8 Å². The standard InChI is InChI=1S/C32H37N3O6/c1-4-5-6-16-40-26-11-8-22(19-27(26)39-3)29-28(30(36)23-9-10-25-24(18-23)17-21(2)41-25)31(37)32(38)35(29)14-7-13-34-15-12-33-20-34/h8-12,15,18-21,29,36H,4-7,13-14,16-17H2,1-3H3/b30-28-. The van der Waals surface area contributed by atoms with Gasteiger partial charge in [0, 0.05) is 37.5 Å². The summed E-state index contributed by atoms with van der Waals surface area (Å²) < 4.78 is 19.3. The van der Waals surface area contributed by atoms with E-state index in [2.05, 4.69) is 11.9 Å². The van der Waals surface area contributed by atoms with Crippen molar-refractivity contribution in [3.8, 4) is 17.2 Å². The van der Waals surface area contributed by atoms with E-state index in [1.54, 1.807) is 48.8 Å². The molecule has 2 aliphatic rings. The van der Waals surface area contributed by atoms with Crippen LogP contribution < -0.4 is 14.2 Å². The SMILES string of the molecule is CCCCCOc1ccc(C2/C(=C(/O)c3ccc4c(c3)CC(C)O4)C(=O)C(=O)N2CCCn2ccnc2)cc1OC. The number of hydrogen-bond acceptors (Lipinski definition) is 7. The summed E-state index contributed by atoms with van der Waals surface area (Å²) in [6.45, 7) is 5.64. The molecule has 0 spiro atoms. The van der Waals surface area contributed by atoms with E-state index in [0.29, 0.717) is 55.2 Å². The molecule has 9 heteroatoms. The van der Waals surface area contributed by atoms with Crippen molar-refractivity contribution < 1.29 is 28.9 Å². The van der Waals surface area contributed by atoms with Crippen LogP contribution in [-0.4, -0.2) is 57.6 Å². The Hall–Kier alpha value is -4.27. The molecular formula is C32H37N3O6. The molecule has 3 aromatic rings. The first-order valence-corrected chi connectivity index (χ1v) is 14.3. The van der Waals surface area contributed by atoms with Crippen molar-refractivity contribution >= 4 is 17.4 Å². The number of aromatic nitrogens is 2. The minimum atomic E-state index is -0.788. The van der Waals surface area contributed by atoms with Crippen LogP contribution in [0.15, 0.2) is 60.7 Å². The first-order chi connectivity index (χ1) is 19.9. The fourth-order valence-corrected chi connectivity index (χ4v) is 5.53. The van der Waals surface area contributed by atoms with E-state index in [4.69, 9.17) is 14.2 Å². The largest absolute Gasteiger partial charge is 0.507 e. The van der Waals surface area contributed by atoms with Gasteiger partial charge in [-0.15, -0.1) is 0 Å². The monoisotopic (exact) mass is 559 g/mol. The highest BCUT2D eigenvalue weighted by Crippen LogP contribution is 2.43. The van der Waals surface area contributed by atoms with Gasteiger partial charge in [0.1, 0.15) is 17.6 Å². The van der Waals surface area contributed by atoms with Crippen LogP contribution in [0.2, 0.25) is 0 Å². The number of benzene rings is 2. The Morgan fingerprint density at radius 2 is 1.95 bits per heavy atom. The predicted molar refractivity (Wildman–Crippen MR) is 154 cm³/mol. The van der Waals surface area contributed by atoms with Crippen molar-refractivity contribution in [3.63, 3.8) is 0 Å². The number of imidazole rings is 1. The molecule has 0 saturated carbocycles. The Bertz CT molecular complexity index is 1430. The number of hydrogen-bond donors (Lipinski definition) is 1. The number of methoxy groups -OCH3 is 1. The highest BCUT2D eigenvalue weighted by Gasteiger charge is 2.46. The summed E-state index contributed by atoms with van der Waals surface area (Å²) in [5, 5.41) is 11.5. The molecular weight excluding hydrogens is 522 g/mol. The average molecular weight is 560 g/mol. The molecule has 9 nitrogen and oxygen atoms in total. The smallest absolute Gasteiger partial charge is 0.295 e. The lowest BCUT2D eigenvalue weighted by molar-refractivity contribution is -0.139. The molecule has 216 valence electrons. The summed E-state index contributed by atoms with van der Waals surface area (Å²) >= 11 is 0. The Kier molecular flexibility index (Phi) is 8.61. The molecule has 1 fully saturated rings. The number of carbonyl (C=O) groups excluding carboxylic acids is 2. The second-order valence-electron chi connectivity index (χ2n) is 10.6. The maximum absolute atomic E-state index is 13.5. The topological polar surface area (TPSA) is 103 Å². The van der Waals surface area contributed by atoms with Gasteiger partial charge in [-0.1, -0.05) is 25.8 Å². The maximum atomic E-state index is 13.5. The number of ether oxygens (including phenoxy) is 3. The number of Topliss-reactive ketones (excluding diaryl/α,β-unsaturated/α-hetero) is 1. The molecule has 1 N–H and O–H groups in total. The summed E-state index contributed by atoms with van der Waals surface area (Å²) in [5.74, 6) is 0.318. The summed E-state index contributed by atoms with van der Waals surface area (Å²) in [4.78, 5) is 32.5. The van der Waals surface area contributed by atoms with Gasteiger partial charge in [-0.3, -0.25) is 9.59 Å². The zero-order chi connectivity index (χ0) is 28.9. The number of carbonyl (C=O) groups is 2. The second kappa shape index (κ2) is 12.5. The number of likely N-dealkylation sites (tertiary alicyclic amines) is 1. The number of nitrogens with zero attached hydrogens (tertiary/aromatic N) is 3. The van der Waals surface area contributed by atoms with Gasteiger partial charge < -0.3 is 28.8 Å². The van der Waals surface area contributed by atoms with E-state index in [1.165, 1.54) is 0 Å². The highest BCUT2D eigenvalue weighted by molar-refractivity contribution is 6.46. The fourth-order valence-electron chi connectivity index (χ4n) is 5.53. The molecule has 0 bridgehead atoms. The molecule has 3 heterocycles. The molecule has 0 radical (unpaired) electrons. The van der Waals surface area contributed by atoms with Crippen molar-refractivity contribution in [3.05, 3.63) is 77.4 Å². The Balaban J connectivity index is 1.51. The van der Waals surface area contributed by atoms with Crippen LogP contribution in [0, 0.1) is 0 Å². The fraction of sp³-hybridized carbons (Fsp3) is 0.406. The van der Waals surface area contributed by atoms with Gasteiger partial charge in [0.2, 0.25) is 0 Å². The zero-order valence-electron chi connectivity index (χ0n) is 23.8. The molecule has 2 atom stereocenters. The molecule has 2 aromatic carbocycles. The lowest BCUT2D eigenvalue weighted by Gasteiger charge is -2.26. The van der Waals surface area contributed by atoms with Gasteiger partial charge in [0.25, 0.3) is 11.7 Å². The lowest BCUT2D eigenvalue weighted by atomic mass is 9.94. The van der Waals surface area contributed by atoms with Gasteiger partial charge in [0.15, 0.2) is 11.5 Å². The molecule has 1 aromatic heterocycles. The Morgan fingerprint density at radius 1 is 1.10 bits per heavy atom. The number of fused-ring (bicyclic) bond motifs is 1. The summed E-state index contributed by atoms with van der Waals surface area (Å²) in [7, 11) is 1.56. The first-order valence-electron chi connectivity index (χ1n) is 14.3. The number of rotatable bonds is 12. The van der Waals surface area contributed by atoms with Crippen molar-refractivity contribution in [2.75, 3.05) is 20.3 Å². The van der Waals surface area contributed by atoms with Gasteiger partial charge in [-0.05, 0) is 61.2 Å². The maximum Gasteiger partial charge on any atom is 0.295 e. The number of aryl methyl sites for hydroxylation is 1. The number of ketones is 1. The van der Waals surface area contributed by atoms with Crippen molar-refractivity contribution in [1.29, 1.82) is 0 Å². The van der Waals surface area contributed by atoms with Crippen LogP contribution in [0.1, 0.15) is 62.3 Å². The van der Waals surface area contributed by atoms with Crippen LogP contribution >= 0.6 is 0 Å². The predicted octanol–water partition coefficient (Wildman–Crippen LogP) is 5.30. The van der Waals surface area contributed by atoms with Gasteiger partial charge in [-0.25, -0.2) is 4.98 Å². The third-order valence-corrected chi connectivity index (χ3v) is 7.59. The van der Waals surface area contributed by atoms with E-state index < -0.39 is 17.7 Å². The molecule has 41 heavy (non-hydrogen) atoms. The number of aliphatic hydroxyl groups excluding tert-OH is 1. The first kappa shape index (κ1) is 28.3. The molecule has 5 rings (SSSR count). The van der Waals surface area contributed by atoms with Crippen LogP contribution in [0.4, 0.5) is 0 Å². The van der Waals surface area contributed by atoms with E-state index in [9.17, 15) is 14.7 Å². The molecule has 2 aliphatic heterocycles. The number of unbranched alkanes of at least 4 members (excludes halogenated alkanes) is 2. The Labute approximate surface area is 240 Å². The second-order valence-corrected chi connectivity index (χ2v) is 10.6. The quantitative estimate of drug-likeness (QED) is 0.139. The van der Waals surface area contributed by atoms with E-state index in [-0.39, 0.29) is 17.4 Å². The van der Waals surface area contributed by atoms with Crippen LogP contribution in [0.25, 0.3) is 5.76 Å². The van der Waals surface area contributed by atoms with Crippen molar-refractivity contribution in [2.45, 2.75) is 64.6 Å². The zero-order valence-corrected chi connectivity index (χ0v) is 23.8. The minimum absolute atomic E-state index is 0.0404. The molecule has 2 unspecified atom stereocenters. The molecule has 1 amide bonds. The van der Waals surface area contributed by atoms with Gasteiger partial charge in [-0.2, -0.15) is 0 Å². The number of aliphatic hydroxyl groups is 1. The average Bonchev–Trinajstić information content (AvgIpc) is 3.69.